The first-order chi connectivity index (χ1) is 29.3. The fourth-order valence-electron chi connectivity index (χ4n) is 9.74. The first-order valence-corrected chi connectivity index (χ1v) is 20.0. The summed E-state index contributed by atoms with van der Waals surface area (Å²) in [6, 6.07) is 76.1. The van der Waals surface area contributed by atoms with Gasteiger partial charge >= 0.3 is 0 Å². The minimum absolute atomic E-state index is 0.588. The lowest BCUT2D eigenvalue weighted by atomic mass is 9.88. The van der Waals surface area contributed by atoms with Gasteiger partial charge in [-0.3, -0.25) is 0 Å². The molecule has 9 aromatic carbocycles. The molecule has 59 heavy (non-hydrogen) atoms. The summed E-state index contributed by atoms with van der Waals surface area (Å²) in [5.41, 5.74) is 13.6. The molecule has 0 amide bonds. The van der Waals surface area contributed by atoms with Crippen molar-refractivity contribution >= 4 is 65.4 Å². The lowest BCUT2D eigenvalue weighted by Gasteiger charge is -2.28. The summed E-state index contributed by atoms with van der Waals surface area (Å²) in [4.78, 5) is 0. The van der Waals surface area contributed by atoms with E-state index in [1.807, 2.05) is 0 Å². The van der Waals surface area contributed by atoms with Crippen molar-refractivity contribution in [2.24, 2.45) is 0 Å². The van der Waals surface area contributed by atoms with Gasteiger partial charge in [0, 0.05) is 43.4 Å². The average Bonchev–Trinajstić information content (AvgIpc) is 3.94. The number of nitrogens with zero attached hydrogens (tertiary/aromatic N) is 4. The Morgan fingerprint density at radius 3 is 0.780 bits per heavy atom. The molecular weight excluding hydrogens is 717 g/mol. The van der Waals surface area contributed by atoms with Gasteiger partial charge in [-0.1, -0.05) is 170 Å². The quantitative estimate of drug-likeness (QED) is 0.173. The smallest absolute Gasteiger partial charge is 0.104 e. The van der Waals surface area contributed by atoms with Crippen molar-refractivity contribution < 1.29 is 0 Å². The van der Waals surface area contributed by atoms with Gasteiger partial charge in [-0.2, -0.15) is 5.26 Å². The number of rotatable bonds is 5. The number of benzene rings is 9. The van der Waals surface area contributed by atoms with E-state index in [0.29, 0.717) is 5.56 Å². The minimum Gasteiger partial charge on any atom is -0.308 e. The van der Waals surface area contributed by atoms with Crippen LogP contribution in [-0.4, -0.2) is 13.7 Å². The second-order valence-electron chi connectivity index (χ2n) is 15.1. The Bertz CT molecular complexity index is 3330. The van der Waals surface area contributed by atoms with Crippen molar-refractivity contribution in [1.82, 2.24) is 13.7 Å². The highest BCUT2D eigenvalue weighted by Gasteiger charge is 2.33. The zero-order valence-corrected chi connectivity index (χ0v) is 31.9. The summed E-state index contributed by atoms with van der Waals surface area (Å²) in [6.07, 6.45) is 0. The van der Waals surface area contributed by atoms with Crippen LogP contribution in [-0.2, 0) is 0 Å². The number of hydrogen-bond acceptors (Lipinski definition) is 1. The number of hydrogen-bond donors (Lipinski definition) is 0. The van der Waals surface area contributed by atoms with Crippen molar-refractivity contribution in [1.29, 1.82) is 5.26 Å². The standard InChI is InChI=1S/C55H34N4/c56-35-44-53(57-45-29-13-7-23-38(45)39-24-8-14-30-46(39)57)51(36-19-3-1-4-20-36)55(59-49-33-17-11-27-42(49)43-28-12-18-34-50(43)59)52(37-21-5-2-6-22-37)54(44)58-47-31-15-9-25-40(47)41-26-10-16-32-48(41)58/h1-34H. The zero-order valence-electron chi connectivity index (χ0n) is 31.9. The molecule has 12 rings (SSSR count). The van der Waals surface area contributed by atoms with Gasteiger partial charge in [0.2, 0.25) is 0 Å². The molecule has 12 aromatic rings. The van der Waals surface area contributed by atoms with E-state index in [4.69, 9.17) is 0 Å². The molecule has 0 spiro atoms. The van der Waals surface area contributed by atoms with E-state index in [-0.39, 0.29) is 0 Å². The van der Waals surface area contributed by atoms with E-state index in [1.54, 1.807) is 0 Å². The minimum atomic E-state index is 0.588. The molecule has 0 unspecified atom stereocenters. The highest BCUT2D eigenvalue weighted by molar-refractivity contribution is 6.16. The molecule has 274 valence electrons. The van der Waals surface area contributed by atoms with Crippen molar-refractivity contribution in [3.8, 4) is 45.4 Å². The maximum absolute atomic E-state index is 12.1. The van der Waals surface area contributed by atoms with E-state index < -0.39 is 0 Å². The molecule has 0 bridgehead atoms. The predicted molar refractivity (Wildman–Crippen MR) is 245 cm³/mol. The maximum Gasteiger partial charge on any atom is 0.104 e. The predicted octanol–water partition coefficient (Wildman–Crippen LogP) is 14.2. The molecule has 0 aliphatic rings. The third-order valence-electron chi connectivity index (χ3n) is 12.1. The van der Waals surface area contributed by atoms with Crippen molar-refractivity contribution in [3.63, 3.8) is 0 Å². The summed E-state index contributed by atoms with van der Waals surface area (Å²) in [5, 5.41) is 19.0. The van der Waals surface area contributed by atoms with Crippen LogP contribution in [0.4, 0.5) is 0 Å². The second-order valence-corrected chi connectivity index (χ2v) is 15.1. The molecular formula is C55H34N4. The van der Waals surface area contributed by atoms with Crippen LogP contribution < -0.4 is 0 Å². The van der Waals surface area contributed by atoms with Gasteiger partial charge < -0.3 is 13.7 Å². The molecule has 0 aliphatic carbocycles. The normalized spacial score (nSPS) is 11.7. The Labute approximate surface area is 340 Å². The number of para-hydroxylation sites is 6. The van der Waals surface area contributed by atoms with E-state index in [9.17, 15) is 5.26 Å². The molecule has 0 atom stereocenters. The molecule has 0 N–H and O–H groups in total. The van der Waals surface area contributed by atoms with Gasteiger partial charge in [-0.25, -0.2) is 0 Å². The lowest BCUT2D eigenvalue weighted by molar-refractivity contribution is 1.09. The van der Waals surface area contributed by atoms with Gasteiger partial charge in [0.05, 0.1) is 50.2 Å². The fourth-order valence-corrected chi connectivity index (χ4v) is 9.74. The SMILES string of the molecule is N#Cc1c(-n2c3ccccc3c3ccccc32)c(-c2ccccc2)c(-n2c3ccccc3c3ccccc32)c(-c2ccccc2)c1-n1c2ccccc2c2ccccc21. The monoisotopic (exact) mass is 750 g/mol. The summed E-state index contributed by atoms with van der Waals surface area (Å²) in [7, 11) is 0. The highest BCUT2D eigenvalue weighted by atomic mass is 15.1. The van der Waals surface area contributed by atoms with Gasteiger partial charge in [0.1, 0.15) is 11.6 Å². The molecule has 3 aromatic heterocycles. The van der Waals surface area contributed by atoms with Gasteiger partial charge in [-0.15, -0.1) is 0 Å². The van der Waals surface area contributed by atoms with Crippen LogP contribution in [0.25, 0.3) is 105 Å². The second kappa shape index (κ2) is 13.0. The Balaban J connectivity index is 1.45. The van der Waals surface area contributed by atoms with Gasteiger partial charge in [0.25, 0.3) is 0 Å². The maximum atomic E-state index is 12.1. The van der Waals surface area contributed by atoms with E-state index in [2.05, 4.69) is 226 Å². The molecule has 0 fully saturated rings. The van der Waals surface area contributed by atoms with Crippen LogP contribution >= 0.6 is 0 Å². The average molecular weight is 751 g/mol. The van der Waals surface area contributed by atoms with Crippen LogP contribution in [0.1, 0.15) is 5.56 Å². The molecule has 0 saturated carbocycles. The Hall–Kier alpha value is -8.13. The summed E-state index contributed by atoms with van der Waals surface area (Å²) < 4.78 is 7.18. The molecule has 3 heterocycles. The van der Waals surface area contributed by atoms with Crippen LogP contribution in [0.15, 0.2) is 206 Å². The van der Waals surface area contributed by atoms with Crippen LogP contribution in [0.2, 0.25) is 0 Å². The zero-order chi connectivity index (χ0) is 39.0. The van der Waals surface area contributed by atoms with Gasteiger partial charge in [0.15, 0.2) is 0 Å². The molecule has 0 radical (unpaired) electrons. The Kier molecular flexibility index (Phi) is 7.26. The van der Waals surface area contributed by atoms with Gasteiger partial charge in [-0.05, 0) is 47.5 Å². The summed E-state index contributed by atoms with van der Waals surface area (Å²) in [5.74, 6) is 0. The molecule has 4 heteroatoms. The first kappa shape index (κ1) is 33.1. The largest absolute Gasteiger partial charge is 0.308 e. The lowest BCUT2D eigenvalue weighted by Crippen LogP contribution is -2.13. The number of aromatic nitrogens is 3. The van der Waals surface area contributed by atoms with Crippen molar-refractivity contribution in [3.05, 3.63) is 212 Å². The number of nitriles is 1. The molecule has 0 saturated heterocycles. The van der Waals surface area contributed by atoms with Crippen LogP contribution in [0.5, 0.6) is 0 Å². The fraction of sp³-hybridized carbons (Fsp3) is 0. The third-order valence-corrected chi connectivity index (χ3v) is 12.1. The van der Waals surface area contributed by atoms with E-state index in [0.717, 1.165) is 94.0 Å². The molecule has 4 nitrogen and oxygen atoms in total. The molecule has 0 aliphatic heterocycles. The summed E-state index contributed by atoms with van der Waals surface area (Å²) >= 11 is 0. The topological polar surface area (TPSA) is 38.6 Å². The first-order valence-electron chi connectivity index (χ1n) is 20.0. The van der Waals surface area contributed by atoms with E-state index >= 15 is 0 Å². The van der Waals surface area contributed by atoms with Crippen molar-refractivity contribution in [2.75, 3.05) is 0 Å². The Morgan fingerprint density at radius 2 is 0.508 bits per heavy atom. The van der Waals surface area contributed by atoms with E-state index in [1.165, 1.54) is 10.8 Å². The summed E-state index contributed by atoms with van der Waals surface area (Å²) in [6.45, 7) is 0. The Morgan fingerprint density at radius 1 is 0.271 bits per heavy atom. The van der Waals surface area contributed by atoms with Crippen LogP contribution in [0.3, 0.4) is 0 Å². The number of fused-ring (bicyclic) bond motifs is 9. The van der Waals surface area contributed by atoms with Crippen LogP contribution in [0, 0.1) is 11.3 Å². The van der Waals surface area contributed by atoms with Crippen molar-refractivity contribution in [2.45, 2.75) is 0 Å². The highest BCUT2D eigenvalue weighted by Crippen LogP contribution is 2.51. The third kappa shape index (κ3) is 4.70.